The lowest BCUT2D eigenvalue weighted by molar-refractivity contribution is 1.10. The Balaban J connectivity index is 1.27. The fourth-order valence-corrected chi connectivity index (χ4v) is 7.82. The van der Waals surface area contributed by atoms with E-state index in [1.54, 1.807) is 0 Å². The van der Waals surface area contributed by atoms with Crippen molar-refractivity contribution in [1.82, 2.24) is 9.55 Å². The van der Waals surface area contributed by atoms with Crippen molar-refractivity contribution in [3.8, 4) is 50.5 Å². The molecular weight excluding hydrogens is 577 g/mol. The number of rotatable bonds is 5. The van der Waals surface area contributed by atoms with Crippen LogP contribution in [0.1, 0.15) is 0 Å². The van der Waals surface area contributed by atoms with Gasteiger partial charge in [0.05, 0.1) is 11.0 Å². The second-order valence-electron chi connectivity index (χ2n) is 11.6. The van der Waals surface area contributed by atoms with Crippen molar-refractivity contribution < 1.29 is 0 Å². The van der Waals surface area contributed by atoms with Gasteiger partial charge >= 0.3 is 0 Å². The number of thiophene rings is 1. The Morgan fingerprint density at radius 1 is 0.435 bits per heavy atom. The van der Waals surface area contributed by atoms with E-state index < -0.39 is 0 Å². The molecule has 7 aromatic carbocycles. The average Bonchev–Trinajstić information content (AvgIpc) is 3.71. The molecule has 0 unspecified atom stereocenters. The number of hydrogen-bond donors (Lipinski definition) is 0. The number of benzene rings is 7. The van der Waals surface area contributed by atoms with Gasteiger partial charge in [0.15, 0.2) is 0 Å². The van der Waals surface area contributed by atoms with Crippen LogP contribution in [0, 0.1) is 0 Å². The van der Waals surface area contributed by atoms with E-state index in [2.05, 4.69) is 174 Å². The summed E-state index contributed by atoms with van der Waals surface area (Å²) in [6, 6.07) is 60.8. The van der Waals surface area contributed by atoms with Gasteiger partial charge in [-0.3, -0.25) is 4.57 Å². The molecule has 0 aliphatic carbocycles. The molecule has 0 fully saturated rings. The van der Waals surface area contributed by atoms with Gasteiger partial charge < -0.3 is 0 Å². The fraction of sp³-hybridized carbons (Fsp3) is 0. The van der Waals surface area contributed by atoms with Gasteiger partial charge in [-0.2, -0.15) is 0 Å². The molecule has 2 nitrogen and oxygen atoms in total. The molecule has 0 atom stereocenters. The first-order chi connectivity index (χ1) is 22.8. The van der Waals surface area contributed by atoms with Crippen molar-refractivity contribution in [3.05, 3.63) is 170 Å². The van der Waals surface area contributed by atoms with Crippen LogP contribution < -0.4 is 0 Å². The van der Waals surface area contributed by atoms with E-state index in [9.17, 15) is 0 Å². The molecular formula is C43H28N2S. The molecule has 0 N–H and O–H groups in total. The highest BCUT2D eigenvalue weighted by molar-refractivity contribution is 7.26. The Hall–Kier alpha value is -5.77. The summed E-state index contributed by atoms with van der Waals surface area (Å²) < 4.78 is 4.84. The highest BCUT2D eigenvalue weighted by atomic mass is 32.1. The lowest BCUT2D eigenvalue weighted by atomic mass is 9.93. The van der Waals surface area contributed by atoms with E-state index >= 15 is 0 Å². The maximum absolute atomic E-state index is 5.23. The molecule has 9 rings (SSSR count). The first kappa shape index (κ1) is 26.6. The third-order valence-electron chi connectivity index (χ3n) is 8.79. The zero-order chi connectivity index (χ0) is 30.5. The van der Waals surface area contributed by atoms with Crippen LogP contribution in [-0.4, -0.2) is 9.55 Å². The first-order valence-electron chi connectivity index (χ1n) is 15.5. The number of fused-ring (bicyclic) bond motifs is 4. The Morgan fingerprint density at radius 2 is 1.04 bits per heavy atom. The molecule has 0 bridgehead atoms. The summed E-state index contributed by atoms with van der Waals surface area (Å²) in [7, 11) is 0. The van der Waals surface area contributed by atoms with E-state index in [1.165, 1.54) is 53.6 Å². The molecule has 0 amide bonds. The molecule has 2 aromatic heterocycles. The molecule has 0 radical (unpaired) electrons. The van der Waals surface area contributed by atoms with Gasteiger partial charge in [-0.25, -0.2) is 4.98 Å². The summed E-state index contributed by atoms with van der Waals surface area (Å²) in [5.74, 6) is 0.944. The molecule has 0 saturated heterocycles. The number of hydrogen-bond acceptors (Lipinski definition) is 2. The van der Waals surface area contributed by atoms with E-state index in [0.717, 1.165) is 28.1 Å². The molecule has 3 heteroatoms. The predicted octanol–water partition coefficient (Wildman–Crippen LogP) is 12.1. The van der Waals surface area contributed by atoms with Crippen molar-refractivity contribution in [3.63, 3.8) is 0 Å². The first-order valence-corrected chi connectivity index (χ1v) is 16.4. The monoisotopic (exact) mass is 604 g/mol. The fourth-order valence-electron chi connectivity index (χ4n) is 6.64. The molecule has 0 spiro atoms. The van der Waals surface area contributed by atoms with E-state index in [-0.39, 0.29) is 0 Å². The third kappa shape index (κ3) is 4.52. The summed E-state index contributed by atoms with van der Waals surface area (Å²) in [5.41, 5.74) is 11.5. The largest absolute Gasteiger partial charge is 0.292 e. The van der Waals surface area contributed by atoms with Crippen LogP contribution in [0.25, 0.3) is 81.7 Å². The summed E-state index contributed by atoms with van der Waals surface area (Å²) in [6.45, 7) is 0. The van der Waals surface area contributed by atoms with E-state index in [4.69, 9.17) is 4.98 Å². The number of imidazole rings is 1. The Morgan fingerprint density at radius 3 is 1.85 bits per heavy atom. The van der Waals surface area contributed by atoms with Crippen LogP contribution in [0.5, 0.6) is 0 Å². The predicted molar refractivity (Wildman–Crippen MR) is 196 cm³/mol. The van der Waals surface area contributed by atoms with Crippen LogP contribution in [-0.2, 0) is 0 Å². The van der Waals surface area contributed by atoms with Crippen LogP contribution in [0.2, 0.25) is 0 Å². The van der Waals surface area contributed by atoms with Crippen LogP contribution in [0.3, 0.4) is 0 Å². The number of aromatic nitrogens is 2. The maximum Gasteiger partial charge on any atom is 0.145 e. The van der Waals surface area contributed by atoms with Gasteiger partial charge in [0.25, 0.3) is 0 Å². The number of nitrogens with zero attached hydrogens (tertiary/aromatic N) is 2. The summed E-state index contributed by atoms with van der Waals surface area (Å²) in [6.07, 6.45) is 0. The minimum absolute atomic E-state index is 0.944. The SMILES string of the molecule is c1ccc(-c2cccc(-c3cccc(-c4cc(-c5nc6ccccc6n5-c5ccccc5)cc5sc6ccccc6c45)c3)c2)cc1. The average molecular weight is 605 g/mol. The second kappa shape index (κ2) is 11.0. The summed E-state index contributed by atoms with van der Waals surface area (Å²) in [4.78, 5) is 5.23. The van der Waals surface area contributed by atoms with Crippen molar-refractivity contribution >= 4 is 42.5 Å². The zero-order valence-corrected chi connectivity index (χ0v) is 25.8. The van der Waals surface area contributed by atoms with Crippen molar-refractivity contribution in [1.29, 1.82) is 0 Å². The zero-order valence-electron chi connectivity index (χ0n) is 25.0. The minimum atomic E-state index is 0.944. The number of para-hydroxylation sites is 3. The van der Waals surface area contributed by atoms with E-state index in [1.807, 2.05) is 11.3 Å². The molecule has 46 heavy (non-hydrogen) atoms. The molecule has 0 aliphatic rings. The quantitative estimate of drug-likeness (QED) is 0.191. The normalized spacial score (nSPS) is 11.5. The second-order valence-corrected chi connectivity index (χ2v) is 12.7. The lowest BCUT2D eigenvalue weighted by Gasteiger charge is -2.13. The smallest absolute Gasteiger partial charge is 0.145 e. The van der Waals surface area contributed by atoms with Crippen LogP contribution in [0.15, 0.2) is 170 Å². The third-order valence-corrected chi connectivity index (χ3v) is 9.91. The highest BCUT2D eigenvalue weighted by Gasteiger charge is 2.19. The minimum Gasteiger partial charge on any atom is -0.292 e. The molecule has 0 saturated carbocycles. The van der Waals surface area contributed by atoms with Crippen molar-refractivity contribution in [2.75, 3.05) is 0 Å². The van der Waals surface area contributed by atoms with Gasteiger partial charge in [-0.05, 0) is 88.0 Å². The van der Waals surface area contributed by atoms with E-state index in [0.29, 0.717) is 0 Å². The lowest BCUT2D eigenvalue weighted by Crippen LogP contribution is -1.97. The maximum atomic E-state index is 5.23. The van der Waals surface area contributed by atoms with Gasteiger partial charge in [0, 0.05) is 31.4 Å². The van der Waals surface area contributed by atoms with Gasteiger partial charge in [0.1, 0.15) is 5.82 Å². The van der Waals surface area contributed by atoms with Crippen LogP contribution >= 0.6 is 11.3 Å². The van der Waals surface area contributed by atoms with Gasteiger partial charge in [-0.1, -0.05) is 115 Å². The molecule has 9 aromatic rings. The molecule has 2 heterocycles. The van der Waals surface area contributed by atoms with Crippen molar-refractivity contribution in [2.24, 2.45) is 0 Å². The molecule has 216 valence electrons. The topological polar surface area (TPSA) is 17.8 Å². The summed E-state index contributed by atoms with van der Waals surface area (Å²) in [5, 5.41) is 2.58. The van der Waals surface area contributed by atoms with Crippen LogP contribution in [0.4, 0.5) is 0 Å². The Bertz CT molecular complexity index is 2520. The van der Waals surface area contributed by atoms with Crippen molar-refractivity contribution in [2.45, 2.75) is 0 Å². The molecule has 0 aliphatic heterocycles. The standard InChI is InChI=1S/C43H28N2S/c1-3-13-29(14-4-1)30-15-11-16-31(25-30)32-17-12-18-33(26-32)37-27-34(28-41-42(37)36-21-7-10-24-40(36)46-41)43-44-38-22-8-9-23-39(38)45(43)35-19-5-2-6-20-35/h1-28H. The highest BCUT2D eigenvalue weighted by Crippen LogP contribution is 2.44. The van der Waals surface area contributed by atoms with Gasteiger partial charge in [-0.15, -0.1) is 11.3 Å². The summed E-state index contributed by atoms with van der Waals surface area (Å²) >= 11 is 1.85. The Labute approximate surface area is 271 Å². The van der Waals surface area contributed by atoms with Gasteiger partial charge in [0.2, 0.25) is 0 Å². The Kier molecular flexibility index (Phi) is 6.36.